The monoisotopic (exact) mass is 484 g/mol. The van der Waals surface area contributed by atoms with Crippen LogP contribution < -0.4 is 10.4 Å². The number of nitrogens with zero attached hydrogens (tertiary/aromatic N) is 3. The Kier molecular flexibility index (Phi) is 7.16. The predicted octanol–water partition coefficient (Wildman–Crippen LogP) is 4.17. The number of carbonyl (C=O) groups excluding carboxylic acids is 1. The highest BCUT2D eigenvalue weighted by Crippen LogP contribution is 2.53. The fraction of sp³-hybridized carbons (Fsp3) is 0.609. The summed E-state index contributed by atoms with van der Waals surface area (Å²) in [5.74, 6) is -0.434. The first kappa shape index (κ1) is 24.2. The van der Waals surface area contributed by atoms with Crippen LogP contribution in [-0.2, 0) is 9.53 Å². The first-order valence-corrected chi connectivity index (χ1v) is 12.3. The van der Waals surface area contributed by atoms with Crippen molar-refractivity contribution in [1.29, 1.82) is 0 Å². The molecule has 2 aliphatic heterocycles. The molecule has 6 nitrogen and oxygen atoms in total. The molecule has 1 aliphatic carbocycles. The zero-order valence-electron chi connectivity index (χ0n) is 19.0. The van der Waals surface area contributed by atoms with Gasteiger partial charge >= 0.3 is 12.1 Å². The van der Waals surface area contributed by atoms with E-state index in [1.165, 1.54) is 5.01 Å². The first-order chi connectivity index (χ1) is 15.7. The predicted molar refractivity (Wildman–Crippen MR) is 123 cm³/mol. The number of hydrogen-bond donors (Lipinski definition) is 1. The largest absolute Gasteiger partial charge is 0.486 e. The van der Waals surface area contributed by atoms with Gasteiger partial charge in [0.1, 0.15) is 6.61 Å². The van der Waals surface area contributed by atoms with Crippen LogP contribution >= 0.6 is 11.9 Å². The molecule has 4 rings (SSSR count). The van der Waals surface area contributed by atoms with E-state index in [4.69, 9.17) is 4.74 Å². The van der Waals surface area contributed by atoms with Crippen molar-refractivity contribution in [2.24, 2.45) is 5.41 Å². The maximum Gasteiger partial charge on any atom is 0.397 e. The van der Waals surface area contributed by atoms with Gasteiger partial charge in [0.2, 0.25) is 5.76 Å². The second-order valence-corrected chi connectivity index (χ2v) is 10.7. The van der Waals surface area contributed by atoms with E-state index in [1.54, 1.807) is 24.1 Å². The molecule has 1 saturated heterocycles. The molecule has 2 fully saturated rings. The number of carbonyl (C=O) groups is 1. The molecule has 0 unspecified atom stereocenters. The molecule has 0 radical (unpaired) electrons. The third kappa shape index (κ3) is 5.12. The van der Waals surface area contributed by atoms with Gasteiger partial charge in [-0.1, -0.05) is 50.4 Å². The quantitative estimate of drug-likeness (QED) is 0.587. The normalized spacial score (nSPS) is 22.1. The average Bonchev–Trinajstić information content (AvgIpc) is 2.73. The van der Waals surface area contributed by atoms with E-state index >= 15 is 0 Å². The highest BCUT2D eigenvalue weighted by molar-refractivity contribution is 7.97. The molecular formula is C23H31F3N4O2S. The summed E-state index contributed by atoms with van der Waals surface area (Å²) in [6, 6.07) is 9.01. The Morgan fingerprint density at radius 2 is 1.79 bits per heavy atom. The van der Waals surface area contributed by atoms with E-state index in [-0.39, 0.29) is 18.6 Å². The zero-order chi connectivity index (χ0) is 23.6. The van der Waals surface area contributed by atoms with Crippen LogP contribution in [0.2, 0.25) is 0 Å². The lowest BCUT2D eigenvalue weighted by Gasteiger charge is -2.44. The number of hydrazine groups is 1. The summed E-state index contributed by atoms with van der Waals surface area (Å²) in [4.78, 5) is 15.5. The Morgan fingerprint density at radius 3 is 2.33 bits per heavy atom. The number of para-hydroxylation sites is 1. The molecule has 1 N–H and O–H groups in total. The summed E-state index contributed by atoms with van der Waals surface area (Å²) in [6.45, 7) is 7.07. The average molecular weight is 485 g/mol. The van der Waals surface area contributed by atoms with Crippen LogP contribution in [0, 0.1) is 5.41 Å². The van der Waals surface area contributed by atoms with Crippen molar-refractivity contribution in [2.75, 3.05) is 44.3 Å². The lowest BCUT2D eigenvalue weighted by atomic mass is 9.69. The Balaban J connectivity index is 1.56. The van der Waals surface area contributed by atoms with E-state index in [9.17, 15) is 18.0 Å². The van der Waals surface area contributed by atoms with Gasteiger partial charge in [0, 0.05) is 31.4 Å². The minimum atomic E-state index is -4.35. The number of anilines is 1. The first-order valence-electron chi connectivity index (χ1n) is 11.4. The molecule has 10 heteroatoms. The van der Waals surface area contributed by atoms with E-state index in [1.807, 2.05) is 18.2 Å². The lowest BCUT2D eigenvalue weighted by molar-refractivity contribution is -0.263. The van der Waals surface area contributed by atoms with E-state index < -0.39 is 24.1 Å². The maximum atomic E-state index is 13.7. The summed E-state index contributed by atoms with van der Waals surface area (Å²) < 4.78 is 49.3. The minimum absolute atomic E-state index is 0.0260. The van der Waals surface area contributed by atoms with Crippen molar-refractivity contribution in [1.82, 2.24) is 14.6 Å². The van der Waals surface area contributed by atoms with E-state index in [2.05, 4.69) is 28.5 Å². The van der Waals surface area contributed by atoms with Crippen molar-refractivity contribution in [3.8, 4) is 0 Å². The van der Waals surface area contributed by atoms with Gasteiger partial charge in [-0.3, -0.25) is 4.79 Å². The number of halogens is 3. The number of hydrogen-bond acceptors (Lipinski definition) is 6. The van der Waals surface area contributed by atoms with Gasteiger partial charge in [-0.15, -0.1) is 0 Å². The van der Waals surface area contributed by atoms with Gasteiger partial charge in [0.25, 0.3) is 0 Å². The molecule has 0 bridgehead atoms. The number of rotatable bonds is 7. The van der Waals surface area contributed by atoms with Crippen molar-refractivity contribution < 1.29 is 22.7 Å². The van der Waals surface area contributed by atoms with Crippen LogP contribution in [0.3, 0.4) is 0 Å². The molecule has 2 heterocycles. The molecule has 0 aromatic heterocycles. The molecule has 33 heavy (non-hydrogen) atoms. The summed E-state index contributed by atoms with van der Waals surface area (Å²) in [6.07, 6.45) is -3.74. The van der Waals surface area contributed by atoms with Gasteiger partial charge < -0.3 is 9.64 Å². The third-order valence-electron chi connectivity index (χ3n) is 6.46. The Hall–Kier alpha value is -1.91. The number of nitrogens with one attached hydrogen (secondary N) is 1. The van der Waals surface area contributed by atoms with Gasteiger partial charge in [-0.25, -0.2) is 14.7 Å². The van der Waals surface area contributed by atoms with Crippen molar-refractivity contribution >= 4 is 23.5 Å². The Bertz CT molecular complexity index is 866. The fourth-order valence-electron chi connectivity index (χ4n) is 4.40. The van der Waals surface area contributed by atoms with Crippen LogP contribution in [0.1, 0.15) is 33.1 Å². The van der Waals surface area contributed by atoms with Crippen LogP contribution in [0.15, 0.2) is 41.8 Å². The van der Waals surface area contributed by atoms with Crippen molar-refractivity contribution in [2.45, 2.75) is 44.5 Å². The van der Waals surface area contributed by atoms with Crippen molar-refractivity contribution in [3.63, 3.8) is 0 Å². The van der Waals surface area contributed by atoms with Crippen LogP contribution in [-0.4, -0.2) is 65.9 Å². The molecule has 182 valence electrons. The highest BCUT2D eigenvalue weighted by atomic mass is 32.2. The summed E-state index contributed by atoms with van der Waals surface area (Å²) >= 11 is 1.79. The molecule has 0 atom stereocenters. The van der Waals surface area contributed by atoms with Gasteiger partial charge in [0.15, 0.2) is 0 Å². The molecule has 3 aliphatic rings. The number of amides is 1. The third-order valence-corrected chi connectivity index (χ3v) is 7.55. The second kappa shape index (κ2) is 9.76. The van der Waals surface area contributed by atoms with E-state index in [0.717, 1.165) is 13.1 Å². The van der Waals surface area contributed by atoms with Crippen LogP contribution in [0.5, 0.6) is 0 Å². The Morgan fingerprint density at radius 1 is 1.12 bits per heavy atom. The number of alkyl halides is 3. The van der Waals surface area contributed by atoms with Crippen LogP contribution in [0.4, 0.5) is 18.9 Å². The molecule has 1 aromatic rings. The molecule has 1 saturated carbocycles. The molecule has 0 spiro atoms. The Labute approximate surface area is 197 Å². The summed E-state index contributed by atoms with van der Waals surface area (Å²) in [5, 5.41) is 1.85. The van der Waals surface area contributed by atoms with Gasteiger partial charge in [0.05, 0.1) is 23.3 Å². The SMILES string of the molecule is CC(C)SN1CCN(C2=C(OCC3(C(F)(F)F)CCC3)C(=O)N(c3ccccc3)NC2)CC1. The number of ether oxygens (including phenoxy) is 1. The number of piperazine rings is 1. The summed E-state index contributed by atoms with van der Waals surface area (Å²) in [5.41, 5.74) is 2.52. The van der Waals surface area contributed by atoms with Gasteiger partial charge in [-0.2, -0.15) is 13.2 Å². The minimum Gasteiger partial charge on any atom is -0.486 e. The molecular weight excluding hydrogens is 453 g/mol. The smallest absolute Gasteiger partial charge is 0.397 e. The van der Waals surface area contributed by atoms with Gasteiger partial charge in [-0.05, 0) is 25.0 Å². The zero-order valence-corrected chi connectivity index (χ0v) is 19.8. The topological polar surface area (TPSA) is 48.1 Å². The highest BCUT2D eigenvalue weighted by Gasteiger charge is 2.59. The standard InChI is InChI=1S/C23H31F3N4O2S/c1-17(2)33-29-13-11-28(12-14-29)19-15-27-30(18-7-4-3-5-8-18)21(31)20(19)32-16-22(9-6-10-22)23(24,25)26/h3-5,7-8,17,27H,6,9-16H2,1-2H3. The summed E-state index contributed by atoms with van der Waals surface area (Å²) in [7, 11) is 0. The second-order valence-electron chi connectivity index (χ2n) is 9.08. The number of benzene rings is 1. The lowest BCUT2D eigenvalue weighted by Crippen LogP contribution is -2.55. The van der Waals surface area contributed by atoms with E-state index in [0.29, 0.717) is 42.7 Å². The maximum absolute atomic E-state index is 13.7. The van der Waals surface area contributed by atoms with Crippen LogP contribution in [0.25, 0.3) is 0 Å². The fourth-order valence-corrected chi connectivity index (χ4v) is 5.37. The van der Waals surface area contributed by atoms with Crippen molar-refractivity contribution in [3.05, 3.63) is 41.8 Å². The molecule has 1 amide bonds. The molecule has 1 aromatic carbocycles.